The molecule has 98 valence electrons. The summed E-state index contributed by atoms with van der Waals surface area (Å²) in [5, 5.41) is 8.99. The van der Waals surface area contributed by atoms with Crippen molar-refractivity contribution in [3.8, 4) is 11.3 Å². The van der Waals surface area contributed by atoms with Gasteiger partial charge >= 0.3 is 5.97 Å². The van der Waals surface area contributed by atoms with Gasteiger partial charge in [-0.2, -0.15) is 0 Å². The first-order chi connectivity index (χ1) is 9.02. The molecule has 1 aromatic carbocycles. The van der Waals surface area contributed by atoms with Crippen molar-refractivity contribution >= 4 is 5.97 Å². The predicted octanol–water partition coefficient (Wildman–Crippen LogP) is 3.29. The highest BCUT2D eigenvalue weighted by atomic mass is 19.1. The van der Waals surface area contributed by atoms with Gasteiger partial charge in [0.1, 0.15) is 11.6 Å². The summed E-state index contributed by atoms with van der Waals surface area (Å²) in [7, 11) is 0. The minimum absolute atomic E-state index is 0.0915. The lowest BCUT2D eigenvalue weighted by molar-refractivity contribution is 0.0695. The molecule has 3 nitrogen and oxygen atoms in total. The third-order valence-corrected chi connectivity index (χ3v) is 2.75. The molecule has 1 N–H and O–H groups in total. The predicted molar refractivity (Wildman–Crippen MR) is 65.9 cm³/mol. The third kappa shape index (κ3) is 2.59. The maximum atomic E-state index is 13.6. The number of aromatic nitrogens is 1. The van der Waals surface area contributed by atoms with E-state index < -0.39 is 17.6 Å². The van der Waals surface area contributed by atoms with Crippen LogP contribution in [0.2, 0.25) is 0 Å². The van der Waals surface area contributed by atoms with E-state index in [1.165, 1.54) is 18.2 Å². The number of hydrogen-bond donors (Lipinski definition) is 1. The van der Waals surface area contributed by atoms with Crippen LogP contribution in [0, 0.1) is 11.6 Å². The number of carboxylic acids is 1. The van der Waals surface area contributed by atoms with E-state index in [4.69, 9.17) is 5.11 Å². The zero-order valence-electron chi connectivity index (χ0n) is 10.2. The van der Waals surface area contributed by atoms with E-state index in [1.54, 1.807) is 6.92 Å². The summed E-state index contributed by atoms with van der Waals surface area (Å²) in [4.78, 5) is 15.1. The highest BCUT2D eigenvalue weighted by molar-refractivity contribution is 5.89. The molecule has 1 aromatic heterocycles. The van der Waals surface area contributed by atoms with Crippen LogP contribution in [0.4, 0.5) is 8.78 Å². The van der Waals surface area contributed by atoms with E-state index >= 15 is 0 Å². The Balaban J connectivity index is 2.54. The highest BCUT2D eigenvalue weighted by Gasteiger charge is 2.13. The molecule has 0 radical (unpaired) electrons. The Bertz CT molecular complexity index is 641. The summed E-state index contributed by atoms with van der Waals surface area (Å²) in [6, 6.07) is 5.99. The van der Waals surface area contributed by atoms with Gasteiger partial charge in [-0.15, -0.1) is 0 Å². The normalized spacial score (nSPS) is 10.5. The Morgan fingerprint density at radius 2 is 2.00 bits per heavy atom. The van der Waals surface area contributed by atoms with Crippen molar-refractivity contribution in [3.63, 3.8) is 0 Å². The molecule has 0 fully saturated rings. The van der Waals surface area contributed by atoms with Crippen LogP contribution in [0.15, 0.2) is 30.3 Å². The van der Waals surface area contributed by atoms with Gasteiger partial charge in [-0.05, 0) is 30.7 Å². The molecule has 0 aliphatic heterocycles. The van der Waals surface area contributed by atoms with Crippen LogP contribution in [-0.4, -0.2) is 16.1 Å². The fraction of sp³-hybridized carbons (Fsp3) is 0.143. The maximum Gasteiger partial charge on any atom is 0.337 e. The number of hydrogen-bond acceptors (Lipinski definition) is 2. The Morgan fingerprint density at radius 3 is 2.58 bits per heavy atom. The van der Waals surface area contributed by atoms with E-state index in [0.717, 1.165) is 12.1 Å². The molecule has 1 heterocycles. The molecule has 5 heteroatoms. The number of benzene rings is 1. The molecule has 0 spiro atoms. The van der Waals surface area contributed by atoms with Crippen LogP contribution in [0.5, 0.6) is 0 Å². The van der Waals surface area contributed by atoms with E-state index in [0.29, 0.717) is 17.8 Å². The number of carboxylic acid groups (broad SMARTS) is 1. The lowest BCUT2D eigenvalue weighted by Gasteiger charge is -2.07. The molecule has 0 unspecified atom stereocenters. The topological polar surface area (TPSA) is 50.2 Å². The first-order valence-corrected chi connectivity index (χ1v) is 5.71. The van der Waals surface area contributed by atoms with Crippen LogP contribution in [0.1, 0.15) is 23.0 Å². The van der Waals surface area contributed by atoms with Gasteiger partial charge in [-0.25, -0.2) is 13.6 Å². The fourth-order valence-electron chi connectivity index (χ4n) is 1.81. The summed E-state index contributed by atoms with van der Waals surface area (Å²) in [5.74, 6) is -2.47. The van der Waals surface area contributed by atoms with Crippen molar-refractivity contribution < 1.29 is 18.7 Å². The molecule has 0 saturated heterocycles. The largest absolute Gasteiger partial charge is 0.478 e. The second kappa shape index (κ2) is 5.14. The van der Waals surface area contributed by atoms with Crippen LogP contribution < -0.4 is 0 Å². The van der Waals surface area contributed by atoms with Crippen molar-refractivity contribution in [1.82, 2.24) is 4.98 Å². The van der Waals surface area contributed by atoms with Gasteiger partial charge in [-0.3, -0.25) is 4.98 Å². The van der Waals surface area contributed by atoms with Gasteiger partial charge in [0.05, 0.1) is 17.0 Å². The number of aromatic carboxylic acids is 1. The molecule has 19 heavy (non-hydrogen) atoms. The monoisotopic (exact) mass is 263 g/mol. The zero-order valence-corrected chi connectivity index (χ0v) is 10.2. The van der Waals surface area contributed by atoms with E-state index in [-0.39, 0.29) is 11.1 Å². The van der Waals surface area contributed by atoms with E-state index in [2.05, 4.69) is 4.98 Å². The Kier molecular flexibility index (Phi) is 3.55. The molecule has 0 saturated carbocycles. The van der Waals surface area contributed by atoms with Crippen LogP contribution >= 0.6 is 0 Å². The molecule has 0 aliphatic carbocycles. The lowest BCUT2D eigenvalue weighted by Crippen LogP contribution is -2.05. The van der Waals surface area contributed by atoms with Crippen molar-refractivity contribution in [1.29, 1.82) is 0 Å². The molecular formula is C14H11F2NO2. The quantitative estimate of drug-likeness (QED) is 0.924. The summed E-state index contributed by atoms with van der Waals surface area (Å²) >= 11 is 0. The van der Waals surface area contributed by atoms with Crippen LogP contribution in [-0.2, 0) is 6.42 Å². The van der Waals surface area contributed by atoms with Gasteiger partial charge in [0, 0.05) is 11.6 Å². The Labute approximate surface area is 108 Å². The Morgan fingerprint density at radius 1 is 1.26 bits per heavy atom. The summed E-state index contributed by atoms with van der Waals surface area (Å²) in [5.41, 5.74) is 0.898. The molecule has 0 amide bonds. The maximum absolute atomic E-state index is 13.6. The van der Waals surface area contributed by atoms with Crippen LogP contribution in [0.3, 0.4) is 0 Å². The first kappa shape index (κ1) is 13.1. The fourth-order valence-corrected chi connectivity index (χ4v) is 1.81. The molecule has 2 aromatic rings. The van der Waals surface area contributed by atoms with Gasteiger partial charge in [0.25, 0.3) is 0 Å². The molecule has 0 bridgehead atoms. The first-order valence-electron chi connectivity index (χ1n) is 5.71. The van der Waals surface area contributed by atoms with Crippen molar-refractivity contribution in [2.45, 2.75) is 13.3 Å². The van der Waals surface area contributed by atoms with Crippen LogP contribution in [0.25, 0.3) is 11.3 Å². The van der Waals surface area contributed by atoms with Gasteiger partial charge in [0.15, 0.2) is 0 Å². The Hall–Kier alpha value is -2.30. The summed E-state index contributed by atoms with van der Waals surface area (Å²) in [6.45, 7) is 1.76. The molecule has 0 aliphatic rings. The molecular weight excluding hydrogens is 252 g/mol. The minimum atomic E-state index is -1.07. The number of halogens is 2. The standard InChI is InChI=1S/C14H11F2NO2/c1-2-12-10(14(18)19)5-6-13(17-12)9-4-3-8(15)7-11(9)16/h3-7H,2H2,1H3,(H,18,19). The number of carbonyl (C=O) groups is 1. The lowest BCUT2D eigenvalue weighted by atomic mass is 10.1. The second-order valence-electron chi connectivity index (χ2n) is 3.97. The number of nitrogens with zero attached hydrogens (tertiary/aromatic N) is 1. The van der Waals surface area contributed by atoms with E-state index in [1.807, 2.05) is 0 Å². The molecule has 0 atom stereocenters. The zero-order chi connectivity index (χ0) is 14.0. The van der Waals surface area contributed by atoms with Crippen molar-refractivity contribution in [2.75, 3.05) is 0 Å². The second-order valence-corrected chi connectivity index (χ2v) is 3.97. The summed E-state index contributed by atoms with van der Waals surface area (Å²) < 4.78 is 26.5. The van der Waals surface area contributed by atoms with E-state index in [9.17, 15) is 13.6 Å². The minimum Gasteiger partial charge on any atom is -0.478 e. The average Bonchev–Trinajstić information content (AvgIpc) is 2.37. The number of rotatable bonds is 3. The number of aryl methyl sites for hydroxylation is 1. The average molecular weight is 263 g/mol. The smallest absolute Gasteiger partial charge is 0.337 e. The third-order valence-electron chi connectivity index (χ3n) is 2.75. The van der Waals surface area contributed by atoms with Gasteiger partial charge in [0.2, 0.25) is 0 Å². The number of pyridine rings is 1. The molecule has 2 rings (SSSR count). The summed E-state index contributed by atoms with van der Waals surface area (Å²) in [6.07, 6.45) is 0.415. The van der Waals surface area contributed by atoms with Crippen molar-refractivity contribution in [2.24, 2.45) is 0 Å². The van der Waals surface area contributed by atoms with Crippen molar-refractivity contribution in [3.05, 3.63) is 53.2 Å². The highest BCUT2D eigenvalue weighted by Crippen LogP contribution is 2.23. The van der Waals surface area contributed by atoms with Gasteiger partial charge in [-0.1, -0.05) is 6.92 Å². The van der Waals surface area contributed by atoms with Gasteiger partial charge < -0.3 is 5.11 Å². The SMILES string of the molecule is CCc1nc(-c2ccc(F)cc2F)ccc1C(=O)O.